The highest BCUT2D eigenvalue weighted by molar-refractivity contribution is 7.99. The van der Waals surface area contributed by atoms with E-state index >= 15 is 0 Å². The number of rotatable bonds is 2. The second-order valence-corrected chi connectivity index (χ2v) is 5.68. The van der Waals surface area contributed by atoms with Crippen LogP contribution in [0.15, 0.2) is 0 Å². The first-order chi connectivity index (χ1) is 8.58. The zero-order chi connectivity index (χ0) is 13.1. The topological polar surface area (TPSA) is 78.9 Å². The molecule has 0 aliphatic carbocycles. The number of carboxylic acid groups (broad SMARTS) is 1. The number of nitrogens with zero attached hydrogens (tertiary/aromatic N) is 1. The van der Waals surface area contributed by atoms with Gasteiger partial charge in [0.25, 0.3) is 0 Å². The molecule has 0 aromatic heterocycles. The zero-order valence-corrected chi connectivity index (χ0v) is 11.1. The van der Waals surface area contributed by atoms with Crippen molar-refractivity contribution in [2.75, 3.05) is 18.2 Å². The van der Waals surface area contributed by atoms with Crippen molar-refractivity contribution in [1.82, 2.24) is 10.2 Å². The van der Waals surface area contributed by atoms with Gasteiger partial charge in [-0.15, -0.1) is 11.8 Å². The number of amides is 2. The van der Waals surface area contributed by atoms with Gasteiger partial charge < -0.3 is 20.1 Å². The largest absolute Gasteiger partial charge is 0.480 e. The molecule has 7 heteroatoms. The summed E-state index contributed by atoms with van der Waals surface area (Å²) in [5, 5.41) is 11.9. The summed E-state index contributed by atoms with van der Waals surface area (Å²) in [7, 11) is 0. The van der Waals surface area contributed by atoms with Crippen LogP contribution in [0.25, 0.3) is 0 Å². The lowest BCUT2D eigenvalue weighted by atomic mass is 10.0. The number of hydrogen-bond acceptors (Lipinski definition) is 4. The molecule has 0 bridgehead atoms. The standard InChI is InChI=1S/C11H18N2O4S/c1-7-4-8(2-3-17-7)12-11(16)13-6-18-5-9(13)10(14)15/h7-9H,2-6H2,1H3,(H,12,16)(H,14,15). The first kappa shape index (κ1) is 13.5. The number of ether oxygens (including phenoxy) is 1. The number of hydrogen-bond donors (Lipinski definition) is 2. The lowest BCUT2D eigenvalue weighted by Gasteiger charge is -2.30. The number of carbonyl (C=O) groups excluding carboxylic acids is 1. The fraction of sp³-hybridized carbons (Fsp3) is 0.818. The van der Waals surface area contributed by atoms with Crippen LogP contribution in [0, 0.1) is 0 Å². The summed E-state index contributed by atoms with van der Waals surface area (Å²) >= 11 is 1.47. The number of carboxylic acids is 1. The molecular weight excluding hydrogens is 256 g/mol. The number of nitrogens with one attached hydrogen (secondary N) is 1. The van der Waals surface area contributed by atoms with Gasteiger partial charge >= 0.3 is 12.0 Å². The van der Waals surface area contributed by atoms with E-state index in [1.165, 1.54) is 16.7 Å². The van der Waals surface area contributed by atoms with Crippen LogP contribution >= 0.6 is 11.8 Å². The minimum absolute atomic E-state index is 0.0845. The fourth-order valence-electron chi connectivity index (χ4n) is 2.23. The highest BCUT2D eigenvalue weighted by Gasteiger charge is 2.35. The van der Waals surface area contributed by atoms with Crippen molar-refractivity contribution in [3.63, 3.8) is 0 Å². The van der Waals surface area contributed by atoms with E-state index < -0.39 is 12.0 Å². The SMILES string of the molecule is CC1CC(NC(=O)N2CSCC2C(=O)O)CCO1. The van der Waals surface area contributed by atoms with Crippen molar-refractivity contribution in [2.45, 2.75) is 38.0 Å². The Bertz CT molecular complexity index is 339. The fourth-order valence-corrected chi connectivity index (χ4v) is 3.38. The second-order valence-electron chi connectivity index (χ2n) is 4.68. The minimum atomic E-state index is -0.935. The Hall–Kier alpha value is -0.950. The predicted molar refractivity (Wildman–Crippen MR) is 67.6 cm³/mol. The van der Waals surface area contributed by atoms with E-state index in [9.17, 15) is 9.59 Å². The average molecular weight is 274 g/mol. The van der Waals surface area contributed by atoms with Gasteiger partial charge in [0.05, 0.1) is 12.0 Å². The molecule has 3 unspecified atom stereocenters. The van der Waals surface area contributed by atoms with E-state index in [4.69, 9.17) is 9.84 Å². The lowest BCUT2D eigenvalue weighted by molar-refractivity contribution is -0.140. The van der Waals surface area contributed by atoms with Gasteiger partial charge in [-0.25, -0.2) is 9.59 Å². The third-order valence-corrected chi connectivity index (χ3v) is 4.25. The van der Waals surface area contributed by atoms with Gasteiger partial charge in [-0.05, 0) is 19.8 Å². The normalized spacial score (nSPS) is 32.3. The summed E-state index contributed by atoms with van der Waals surface area (Å²) in [6.07, 6.45) is 1.71. The number of carbonyl (C=O) groups is 2. The van der Waals surface area contributed by atoms with Crippen LogP contribution in [0.1, 0.15) is 19.8 Å². The molecule has 2 heterocycles. The number of urea groups is 1. The Morgan fingerprint density at radius 1 is 1.50 bits per heavy atom. The molecule has 2 rings (SSSR count). The lowest BCUT2D eigenvalue weighted by Crippen LogP contribution is -2.51. The van der Waals surface area contributed by atoms with Crippen LogP contribution in [0.5, 0.6) is 0 Å². The third-order valence-electron chi connectivity index (χ3n) is 3.24. The molecule has 2 aliphatic rings. The van der Waals surface area contributed by atoms with Gasteiger partial charge in [0.1, 0.15) is 6.04 Å². The van der Waals surface area contributed by atoms with Crippen LogP contribution in [0.2, 0.25) is 0 Å². The zero-order valence-electron chi connectivity index (χ0n) is 10.3. The van der Waals surface area contributed by atoms with Crippen LogP contribution in [-0.2, 0) is 9.53 Å². The summed E-state index contributed by atoms with van der Waals surface area (Å²) in [5.41, 5.74) is 0. The van der Waals surface area contributed by atoms with Gasteiger partial charge in [-0.3, -0.25) is 0 Å². The van der Waals surface area contributed by atoms with E-state index in [1.54, 1.807) is 0 Å². The van der Waals surface area contributed by atoms with E-state index in [-0.39, 0.29) is 18.2 Å². The van der Waals surface area contributed by atoms with E-state index in [0.717, 1.165) is 12.8 Å². The van der Waals surface area contributed by atoms with Crippen molar-refractivity contribution in [1.29, 1.82) is 0 Å². The summed E-state index contributed by atoms with van der Waals surface area (Å²) in [6.45, 7) is 2.62. The van der Waals surface area contributed by atoms with E-state index in [2.05, 4.69) is 5.32 Å². The second kappa shape index (κ2) is 5.79. The molecule has 0 radical (unpaired) electrons. The molecule has 2 saturated heterocycles. The Morgan fingerprint density at radius 2 is 2.28 bits per heavy atom. The molecule has 0 spiro atoms. The van der Waals surface area contributed by atoms with Gasteiger partial charge in [0.2, 0.25) is 0 Å². The molecule has 6 nitrogen and oxygen atoms in total. The first-order valence-electron chi connectivity index (χ1n) is 6.07. The van der Waals surface area contributed by atoms with Gasteiger partial charge in [0.15, 0.2) is 0 Å². The van der Waals surface area contributed by atoms with Crippen LogP contribution in [0.3, 0.4) is 0 Å². The molecule has 0 saturated carbocycles. The van der Waals surface area contributed by atoms with Crippen molar-refractivity contribution in [3.05, 3.63) is 0 Å². The molecule has 2 aliphatic heterocycles. The molecular formula is C11H18N2O4S. The summed E-state index contributed by atoms with van der Waals surface area (Å²) in [6, 6.07) is -0.889. The van der Waals surface area contributed by atoms with Crippen molar-refractivity contribution in [2.24, 2.45) is 0 Å². The first-order valence-corrected chi connectivity index (χ1v) is 7.22. The summed E-state index contributed by atoms with van der Waals surface area (Å²) < 4.78 is 5.41. The summed E-state index contributed by atoms with van der Waals surface area (Å²) in [4.78, 5) is 24.4. The Labute approximate surface area is 110 Å². The average Bonchev–Trinajstić information content (AvgIpc) is 2.77. The Balaban J connectivity index is 1.89. The molecule has 0 aromatic carbocycles. The van der Waals surface area contributed by atoms with Gasteiger partial charge in [0, 0.05) is 18.4 Å². The van der Waals surface area contributed by atoms with Crippen molar-refractivity contribution in [3.8, 4) is 0 Å². The smallest absolute Gasteiger partial charge is 0.327 e. The maximum atomic E-state index is 12.0. The third kappa shape index (κ3) is 3.08. The molecule has 2 amide bonds. The van der Waals surface area contributed by atoms with E-state index in [0.29, 0.717) is 18.2 Å². The highest BCUT2D eigenvalue weighted by Crippen LogP contribution is 2.22. The molecule has 3 atom stereocenters. The van der Waals surface area contributed by atoms with E-state index in [1.807, 2.05) is 6.92 Å². The molecule has 2 fully saturated rings. The minimum Gasteiger partial charge on any atom is -0.480 e. The van der Waals surface area contributed by atoms with Crippen molar-refractivity contribution >= 4 is 23.8 Å². The van der Waals surface area contributed by atoms with Crippen LogP contribution < -0.4 is 5.32 Å². The highest BCUT2D eigenvalue weighted by atomic mass is 32.2. The molecule has 2 N–H and O–H groups in total. The van der Waals surface area contributed by atoms with Gasteiger partial charge in [-0.1, -0.05) is 0 Å². The summed E-state index contributed by atoms with van der Waals surface area (Å²) in [5.74, 6) is -0.0235. The quantitative estimate of drug-likeness (QED) is 0.776. The molecule has 102 valence electrons. The molecule has 0 aromatic rings. The number of thioether (sulfide) groups is 1. The maximum Gasteiger partial charge on any atom is 0.327 e. The molecule has 18 heavy (non-hydrogen) atoms. The van der Waals surface area contributed by atoms with Crippen LogP contribution in [0.4, 0.5) is 4.79 Å². The van der Waals surface area contributed by atoms with Crippen LogP contribution in [-0.4, -0.2) is 58.4 Å². The monoisotopic (exact) mass is 274 g/mol. The Morgan fingerprint density at radius 3 is 2.94 bits per heavy atom. The van der Waals surface area contributed by atoms with Crippen molar-refractivity contribution < 1.29 is 19.4 Å². The predicted octanol–water partition coefficient (Wildman–Crippen LogP) is 0.723. The number of aliphatic carboxylic acids is 1. The van der Waals surface area contributed by atoms with Gasteiger partial charge in [-0.2, -0.15) is 0 Å². The Kier molecular flexibility index (Phi) is 4.34. The maximum absolute atomic E-state index is 12.0.